The number of hydrogen-bond acceptors (Lipinski definition) is 3. The van der Waals surface area contributed by atoms with Gasteiger partial charge in [-0.1, -0.05) is 42.4 Å². The largest absolute Gasteiger partial charge is 0.351 e. The van der Waals surface area contributed by atoms with E-state index in [4.69, 9.17) is 17.0 Å². The van der Waals surface area contributed by atoms with Crippen LogP contribution in [0.5, 0.6) is 0 Å². The van der Waals surface area contributed by atoms with E-state index in [0.717, 1.165) is 22.1 Å². The second-order valence-electron chi connectivity index (χ2n) is 6.81. The van der Waals surface area contributed by atoms with Gasteiger partial charge in [0.1, 0.15) is 5.84 Å². The molecule has 4 rings (SSSR count). The highest BCUT2D eigenvalue weighted by molar-refractivity contribution is 7.16. The van der Waals surface area contributed by atoms with Gasteiger partial charge in [-0.05, 0) is 35.8 Å². The molecule has 6 heteroatoms. The van der Waals surface area contributed by atoms with Gasteiger partial charge in [-0.15, -0.1) is 11.3 Å². The number of nitrogens with zero attached hydrogens (tertiary/aromatic N) is 3. The molecule has 3 heterocycles. The Labute approximate surface area is 168 Å². The number of aryl methyl sites for hydroxylation is 1. The van der Waals surface area contributed by atoms with E-state index in [-0.39, 0.29) is 5.92 Å². The van der Waals surface area contributed by atoms with Gasteiger partial charge in [-0.25, -0.2) is 0 Å². The third kappa shape index (κ3) is 3.11. The fraction of sp³-hybridized carbons (Fsp3) is 0.238. The summed E-state index contributed by atoms with van der Waals surface area (Å²) in [5, 5.41) is 12.7. The Morgan fingerprint density at radius 1 is 1.33 bits per heavy atom. The van der Waals surface area contributed by atoms with Gasteiger partial charge in [0.05, 0.1) is 17.1 Å². The lowest BCUT2D eigenvalue weighted by molar-refractivity contribution is 0.375. The Morgan fingerprint density at radius 2 is 2.11 bits per heavy atom. The summed E-state index contributed by atoms with van der Waals surface area (Å²) in [6, 6.07) is 10.6. The summed E-state index contributed by atoms with van der Waals surface area (Å²) in [5.41, 5.74) is 5.98. The van der Waals surface area contributed by atoms with Crippen LogP contribution in [-0.2, 0) is 13.6 Å². The second-order valence-corrected chi connectivity index (χ2v) is 8.57. The molecule has 0 saturated carbocycles. The average Bonchev–Trinajstić information content (AvgIpc) is 3.21. The standard InChI is InChI=1S/C21H21ClN4S/c1-4-21(23)26-11-18(16-9-20(22)27-19(16)12-26)15-8-6-5-7-14(15)17-10-24-25(3)13(17)2/h4-10,18,23H,1,11-12H2,2-3H3/t18-/m0/s1. The third-order valence-electron chi connectivity index (χ3n) is 5.32. The highest BCUT2D eigenvalue weighted by Gasteiger charge is 2.31. The lowest BCUT2D eigenvalue weighted by Crippen LogP contribution is -2.36. The number of aromatic nitrogens is 2. The van der Waals surface area contributed by atoms with Crippen LogP contribution in [0.4, 0.5) is 0 Å². The van der Waals surface area contributed by atoms with Crippen molar-refractivity contribution in [3.63, 3.8) is 0 Å². The summed E-state index contributed by atoms with van der Waals surface area (Å²) in [6.07, 6.45) is 3.54. The average molecular weight is 397 g/mol. The molecule has 1 atom stereocenters. The van der Waals surface area contributed by atoms with Crippen molar-refractivity contribution in [3.05, 3.63) is 75.2 Å². The van der Waals surface area contributed by atoms with Crippen molar-refractivity contribution in [2.24, 2.45) is 7.05 Å². The fourth-order valence-electron chi connectivity index (χ4n) is 3.77. The van der Waals surface area contributed by atoms with E-state index in [0.29, 0.717) is 12.4 Å². The zero-order chi connectivity index (χ0) is 19.1. The summed E-state index contributed by atoms with van der Waals surface area (Å²) in [4.78, 5) is 3.29. The summed E-state index contributed by atoms with van der Waals surface area (Å²) in [7, 11) is 1.96. The number of halogens is 1. The molecule has 1 N–H and O–H groups in total. The molecular weight excluding hydrogens is 376 g/mol. The fourth-order valence-corrected chi connectivity index (χ4v) is 5.13. The number of thiophene rings is 1. The van der Waals surface area contributed by atoms with E-state index < -0.39 is 0 Å². The molecule has 0 aliphatic carbocycles. The topological polar surface area (TPSA) is 44.9 Å². The summed E-state index contributed by atoms with van der Waals surface area (Å²) < 4.78 is 2.70. The Kier molecular flexibility index (Phi) is 4.66. The minimum atomic E-state index is 0.147. The van der Waals surface area contributed by atoms with Crippen LogP contribution >= 0.6 is 22.9 Å². The molecule has 1 aromatic carbocycles. The molecule has 1 aliphatic rings. The number of rotatable bonds is 3. The van der Waals surface area contributed by atoms with E-state index in [1.165, 1.54) is 21.6 Å². The van der Waals surface area contributed by atoms with Gasteiger partial charge in [-0.3, -0.25) is 10.1 Å². The van der Waals surface area contributed by atoms with Gasteiger partial charge >= 0.3 is 0 Å². The predicted molar refractivity (Wildman–Crippen MR) is 113 cm³/mol. The van der Waals surface area contributed by atoms with Crippen LogP contribution in [-0.4, -0.2) is 27.1 Å². The molecule has 0 radical (unpaired) electrons. The number of nitrogens with one attached hydrogen (secondary N) is 1. The van der Waals surface area contributed by atoms with Crippen molar-refractivity contribution < 1.29 is 0 Å². The van der Waals surface area contributed by atoms with E-state index in [9.17, 15) is 0 Å². The quantitative estimate of drug-likeness (QED) is 0.487. The second kappa shape index (κ2) is 6.98. The van der Waals surface area contributed by atoms with Gasteiger partial charge < -0.3 is 4.90 Å². The maximum atomic E-state index is 8.25. The first kappa shape index (κ1) is 18.0. The smallest absolute Gasteiger partial charge is 0.120 e. The van der Waals surface area contributed by atoms with Gasteiger partial charge in [0.15, 0.2) is 0 Å². The first-order valence-electron chi connectivity index (χ1n) is 8.81. The molecule has 27 heavy (non-hydrogen) atoms. The van der Waals surface area contributed by atoms with Crippen molar-refractivity contribution in [2.45, 2.75) is 19.4 Å². The molecule has 4 nitrogen and oxygen atoms in total. The zero-order valence-electron chi connectivity index (χ0n) is 15.4. The normalized spacial score (nSPS) is 16.3. The van der Waals surface area contributed by atoms with Crippen LogP contribution in [0.3, 0.4) is 0 Å². The van der Waals surface area contributed by atoms with E-state index >= 15 is 0 Å². The van der Waals surface area contributed by atoms with Gasteiger partial charge in [-0.2, -0.15) is 5.10 Å². The summed E-state index contributed by atoms with van der Waals surface area (Å²) in [6.45, 7) is 7.31. The first-order valence-corrected chi connectivity index (χ1v) is 10.0. The van der Waals surface area contributed by atoms with Crippen LogP contribution in [0, 0.1) is 12.3 Å². The van der Waals surface area contributed by atoms with Crippen molar-refractivity contribution in [1.29, 1.82) is 5.41 Å². The first-order chi connectivity index (χ1) is 13.0. The Morgan fingerprint density at radius 3 is 2.81 bits per heavy atom. The van der Waals surface area contributed by atoms with Crippen molar-refractivity contribution >= 4 is 28.8 Å². The van der Waals surface area contributed by atoms with E-state index in [1.54, 1.807) is 17.4 Å². The van der Waals surface area contributed by atoms with Crippen molar-refractivity contribution in [1.82, 2.24) is 14.7 Å². The van der Waals surface area contributed by atoms with E-state index in [2.05, 4.69) is 53.8 Å². The van der Waals surface area contributed by atoms with Gasteiger partial charge in [0, 0.05) is 35.6 Å². The van der Waals surface area contributed by atoms with Gasteiger partial charge in [0.25, 0.3) is 0 Å². The highest BCUT2D eigenvalue weighted by atomic mass is 35.5. The molecule has 3 aromatic rings. The molecule has 0 fully saturated rings. The minimum absolute atomic E-state index is 0.147. The molecule has 1 aliphatic heterocycles. The molecule has 0 saturated heterocycles. The number of fused-ring (bicyclic) bond motifs is 1. The monoisotopic (exact) mass is 396 g/mol. The lowest BCUT2D eigenvalue weighted by atomic mass is 9.84. The molecule has 138 valence electrons. The van der Waals surface area contributed by atoms with Crippen molar-refractivity contribution in [3.8, 4) is 11.1 Å². The van der Waals surface area contributed by atoms with Crippen LogP contribution in [0.25, 0.3) is 11.1 Å². The Hall–Kier alpha value is -2.37. The molecule has 0 amide bonds. The predicted octanol–water partition coefficient (Wildman–Crippen LogP) is 5.22. The number of hydrogen-bond donors (Lipinski definition) is 1. The number of benzene rings is 1. The van der Waals surface area contributed by atoms with Crippen LogP contribution < -0.4 is 0 Å². The summed E-state index contributed by atoms with van der Waals surface area (Å²) >= 11 is 7.97. The van der Waals surface area contributed by atoms with Crippen molar-refractivity contribution in [2.75, 3.05) is 6.54 Å². The van der Waals surface area contributed by atoms with Crippen LogP contribution in [0.2, 0.25) is 4.34 Å². The van der Waals surface area contributed by atoms with Gasteiger partial charge in [0.2, 0.25) is 0 Å². The molecular formula is C21H21ClN4S. The highest BCUT2D eigenvalue weighted by Crippen LogP contribution is 2.43. The molecule has 0 unspecified atom stereocenters. The molecule has 0 bridgehead atoms. The number of amidine groups is 1. The minimum Gasteiger partial charge on any atom is -0.351 e. The third-order valence-corrected chi connectivity index (χ3v) is 6.58. The molecule has 0 spiro atoms. The van der Waals surface area contributed by atoms with Crippen LogP contribution in [0.15, 0.2) is 49.2 Å². The Bertz CT molecular complexity index is 1030. The molecule has 2 aromatic heterocycles. The maximum Gasteiger partial charge on any atom is 0.120 e. The van der Waals surface area contributed by atoms with E-state index in [1.807, 2.05) is 17.9 Å². The lowest BCUT2D eigenvalue weighted by Gasteiger charge is -2.34. The Balaban J connectivity index is 1.86. The maximum absolute atomic E-state index is 8.25. The van der Waals surface area contributed by atoms with Crippen LogP contribution in [0.1, 0.15) is 27.6 Å². The summed E-state index contributed by atoms with van der Waals surface area (Å²) in [5.74, 6) is 0.596. The zero-order valence-corrected chi connectivity index (χ0v) is 16.9. The SMILES string of the molecule is C=CC(=N)N1Cc2sc(Cl)cc2[C@H](c2ccccc2-c2cnn(C)c2C)C1.